The molecule has 4 aromatic rings. The predicted molar refractivity (Wildman–Crippen MR) is 122 cm³/mol. The zero-order valence-corrected chi connectivity index (χ0v) is 18.0. The summed E-state index contributed by atoms with van der Waals surface area (Å²) in [5.74, 6) is 1.65. The number of hydrogen-bond donors (Lipinski definition) is 1. The highest BCUT2D eigenvalue weighted by Gasteiger charge is 2.11. The van der Waals surface area contributed by atoms with Gasteiger partial charge in [0, 0.05) is 13.0 Å². The van der Waals surface area contributed by atoms with Crippen molar-refractivity contribution < 1.29 is 9.53 Å². The van der Waals surface area contributed by atoms with Crippen molar-refractivity contribution in [2.45, 2.75) is 19.4 Å². The molecule has 30 heavy (non-hydrogen) atoms. The highest BCUT2D eigenvalue weighted by molar-refractivity contribution is 7.12. The maximum atomic E-state index is 12.1. The van der Waals surface area contributed by atoms with Crippen LogP contribution in [0.25, 0.3) is 11.0 Å². The van der Waals surface area contributed by atoms with E-state index in [1.807, 2.05) is 60.0 Å². The Labute approximate surface area is 184 Å². The van der Waals surface area contributed by atoms with Crippen LogP contribution in [0.15, 0.2) is 66.0 Å². The highest BCUT2D eigenvalue weighted by atomic mass is 35.5. The molecular formula is C23H22ClN3O2S. The number of fused-ring (bicyclic) bond motifs is 1. The summed E-state index contributed by atoms with van der Waals surface area (Å²) in [6, 6.07) is 19.3. The molecule has 2 heterocycles. The summed E-state index contributed by atoms with van der Waals surface area (Å²) in [4.78, 5) is 17.6. The van der Waals surface area contributed by atoms with E-state index in [1.54, 1.807) is 0 Å². The van der Waals surface area contributed by atoms with Gasteiger partial charge in [0.2, 0.25) is 0 Å². The van der Waals surface area contributed by atoms with Crippen molar-refractivity contribution in [1.29, 1.82) is 0 Å². The lowest BCUT2D eigenvalue weighted by Crippen LogP contribution is -2.24. The molecule has 2 aromatic heterocycles. The number of carbonyl (C=O) groups excluding carboxylic acids is 1. The highest BCUT2D eigenvalue weighted by Crippen LogP contribution is 2.23. The smallest absolute Gasteiger partial charge is 0.261 e. The number of imidazole rings is 1. The Morgan fingerprint density at radius 3 is 2.77 bits per heavy atom. The Morgan fingerprint density at radius 1 is 1.10 bits per heavy atom. The molecule has 0 aliphatic carbocycles. The van der Waals surface area contributed by atoms with Crippen LogP contribution in [0.4, 0.5) is 0 Å². The number of halogens is 1. The van der Waals surface area contributed by atoms with Gasteiger partial charge in [0.1, 0.15) is 18.2 Å². The van der Waals surface area contributed by atoms with Crippen LogP contribution in [0.2, 0.25) is 5.02 Å². The number of nitrogens with zero attached hydrogens (tertiary/aromatic N) is 2. The van der Waals surface area contributed by atoms with E-state index in [0.717, 1.165) is 34.6 Å². The van der Waals surface area contributed by atoms with Crippen molar-refractivity contribution in [3.8, 4) is 5.75 Å². The van der Waals surface area contributed by atoms with Crippen LogP contribution in [-0.4, -0.2) is 28.6 Å². The molecule has 0 unspecified atom stereocenters. The molecule has 0 saturated heterocycles. The summed E-state index contributed by atoms with van der Waals surface area (Å²) < 4.78 is 8.06. The number of carbonyl (C=O) groups is 1. The van der Waals surface area contributed by atoms with Gasteiger partial charge in [0.05, 0.1) is 27.5 Å². The fourth-order valence-electron chi connectivity index (χ4n) is 3.32. The maximum absolute atomic E-state index is 12.1. The molecule has 0 spiro atoms. The Hall–Kier alpha value is -2.83. The standard InChI is InChI=1S/C23H22ClN3O2S/c24-17-7-1-4-10-20(17)29-15-14-27-19-9-3-2-8-18(19)26-22(27)12-5-13-25-23(28)21-11-6-16-30-21/h1-4,6-11,16H,5,12-15H2,(H,25,28). The van der Waals surface area contributed by atoms with E-state index in [-0.39, 0.29) is 5.91 Å². The van der Waals surface area contributed by atoms with Gasteiger partial charge in [-0.1, -0.05) is 41.9 Å². The van der Waals surface area contributed by atoms with Crippen LogP contribution in [0.3, 0.4) is 0 Å². The lowest BCUT2D eigenvalue weighted by molar-refractivity contribution is 0.0957. The molecular weight excluding hydrogens is 418 g/mol. The molecule has 0 radical (unpaired) electrons. The third kappa shape index (κ3) is 4.83. The second kappa shape index (κ2) is 9.78. The summed E-state index contributed by atoms with van der Waals surface area (Å²) in [5.41, 5.74) is 2.05. The summed E-state index contributed by atoms with van der Waals surface area (Å²) in [6.07, 6.45) is 1.58. The number of rotatable bonds is 9. The molecule has 0 bridgehead atoms. The first-order chi connectivity index (χ1) is 14.7. The SMILES string of the molecule is O=C(NCCCc1nc2ccccc2n1CCOc1ccccc1Cl)c1cccs1. The molecule has 4 rings (SSSR count). The minimum absolute atomic E-state index is 0.0216. The second-order valence-corrected chi connectivity index (χ2v) is 8.14. The fourth-order valence-corrected chi connectivity index (χ4v) is 4.15. The first-order valence-corrected chi connectivity index (χ1v) is 11.1. The Kier molecular flexibility index (Phi) is 6.67. The molecule has 154 valence electrons. The van der Waals surface area contributed by atoms with Gasteiger partial charge in [0.25, 0.3) is 5.91 Å². The number of amides is 1. The van der Waals surface area contributed by atoms with Gasteiger partial charge >= 0.3 is 0 Å². The molecule has 1 N–H and O–H groups in total. The lowest BCUT2D eigenvalue weighted by Gasteiger charge is -2.12. The number of aromatic nitrogens is 2. The van der Waals surface area contributed by atoms with Gasteiger partial charge in [-0.05, 0) is 42.1 Å². The van der Waals surface area contributed by atoms with Gasteiger partial charge in [-0.3, -0.25) is 4.79 Å². The lowest BCUT2D eigenvalue weighted by atomic mass is 10.3. The van der Waals surface area contributed by atoms with Gasteiger partial charge in [-0.25, -0.2) is 4.98 Å². The number of ether oxygens (including phenoxy) is 1. The third-order valence-electron chi connectivity index (χ3n) is 4.75. The first kappa shape index (κ1) is 20.4. The van der Waals surface area contributed by atoms with Gasteiger partial charge in [-0.2, -0.15) is 0 Å². The number of hydrogen-bond acceptors (Lipinski definition) is 4. The normalized spacial score (nSPS) is 11.0. The van der Waals surface area contributed by atoms with Gasteiger partial charge in [0.15, 0.2) is 0 Å². The molecule has 0 aliphatic rings. The molecule has 0 atom stereocenters. The van der Waals surface area contributed by atoms with Crippen molar-refractivity contribution in [3.63, 3.8) is 0 Å². The van der Waals surface area contributed by atoms with Gasteiger partial charge < -0.3 is 14.6 Å². The van der Waals surface area contributed by atoms with Crippen molar-refractivity contribution in [2.75, 3.05) is 13.2 Å². The molecule has 0 saturated carbocycles. The van der Waals surface area contributed by atoms with Crippen molar-refractivity contribution in [3.05, 3.63) is 81.8 Å². The average molecular weight is 440 g/mol. The van der Waals surface area contributed by atoms with Crippen LogP contribution in [0.5, 0.6) is 5.75 Å². The van der Waals surface area contributed by atoms with E-state index in [4.69, 9.17) is 21.3 Å². The minimum Gasteiger partial charge on any atom is -0.490 e. The van der Waals surface area contributed by atoms with Crippen molar-refractivity contribution >= 4 is 39.9 Å². The van der Waals surface area contributed by atoms with Crippen LogP contribution in [-0.2, 0) is 13.0 Å². The van der Waals surface area contributed by atoms with Crippen LogP contribution in [0, 0.1) is 0 Å². The Bertz CT molecular complexity index is 1120. The van der Waals surface area contributed by atoms with E-state index in [9.17, 15) is 4.79 Å². The van der Waals surface area contributed by atoms with E-state index < -0.39 is 0 Å². The van der Waals surface area contributed by atoms with Crippen LogP contribution < -0.4 is 10.1 Å². The summed E-state index contributed by atoms with van der Waals surface area (Å²) in [7, 11) is 0. The summed E-state index contributed by atoms with van der Waals surface area (Å²) in [6.45, 7) is 1.77. The molecule has 0 fully saturated rings. The molecule has 0 aliphatic heterocycles. The van der Waals surface area contributed by atoms with Crippen molar-refractivity contribution in [1.82, 2.24) is 14.9 Å². The maximum Gasteiger partial charge on any atom is 0.261 e. The van der Waals surface area contributed by atoms with E-state index in [2.05, 4.69) is 16.0 Å². The van der Waals surface area contributed by atoms with E-state index in [0.29, 0.717) is 30.5 Å². The minimum atomic E-state index is -0.0216. The number of aryl methyl sites for hydroxylation is 1. The fraction of sp³-hybridized carbons (Fsp3) is 0.217. The summed E-state index contributed by atoms with van der Waals surface area (Å²) in [5, 5.41) is 5.49. The van der Waals surface area contributed by atoms with E-state index >= 15 is 0 Å². The zero-order chi connectivity index (χ0) is 20.8. The summed E-state index contributed by atoms with van der Waals surface area (Å²) >= 11 is 7.63. The Morgan fingerprint density at radius 2 is 1.93 bits per heavy atom. The number of nitrogens with one attached hydrogen (secondary N) is 1. The third-order valence-corrected chi connectivity index (χ3v) is 5.93. The number of para-hydroxylation sites is 3. The zero-order valence-electron chi connectivity index (χ0n) is 16.4. The molecule has 2 aromatic carbocycles. The quantitative estimate of drug-likeness (QED) is 0.365. The van der Waals surface area contributed by atoms with Gasteiger partial charge in [-0.15, -0.1) is 11.3 Å². The molecule has 7 heteroatoms. The number of benzene rings is 2. The Balaban J connectivity index is 1.38. The second-order valence-electron chi connectivity index (χ2n) is 6.78. The first-order valence-electron chi connectivity index (χ1n) is 9.85. The van der Waals surface area contributed by atoms with E-state index in [1.165, 1.54) is 11.3 Å². The monoisotopic (exact) mass is 439 g/mol. The van der Waals surface area contributed by atoms with Crippen LogP contribution >= 0.6 is 22.9 Å². The predicted octanol–water partition coefficient (Wildman–Crippen LogP) is 5.19. The van der Waals surface area contributed by atoms with Crippen LogP contribution in [0.1, 0.15) is 21.9 Å². The molecule has 5 nitrogen and oxygen atoms in total. The van der Waals surface area contributed by atoms with Crippen molar-refractivity contribution in [2.24, 2.45) is 0 Å². The average Bonchev–Trinajstić information content (AvgIpc) is 3.41. The topological polar surface area (TPSA) is 56.2 Å². The molecule has 1 amide bonds. The number of thiophene rings is 1. The largest absolute Gasteiger partial charge is 0.490 e.